The van der Waals surface area contributed by atoms with Crippen LogP contribution in [0.5, 0.6) is 0 Å². The summed E-state index contributed by atoms with van der Waals surface area (Å²) >= 11 is 0.389. The number of hydrogen-bond donors (Lipinski definition) is 1. The van der Waals surface area contributed by atoms with E-state index in [9.17, 15) is 9.59 Å². The third kappa shape index (κ3) is 1.81. The van der Waals surface area contributed by atoms with Crippen LogP contribution < -0.4 is 0 Å². The number of carboxylic acids is 1. The summed E-state index contributed by atoms with van der Waals surface area (Å²) in [6, 6.07) is 0. The van der Waals surface area contributed by atoms with E-state index >= 15 is 0 Å². The van der Waals surface area contributed by atoms with Crippen LogP contribution in [0.2, 0.25) is 2.66 Å². The predicted octanol–water partition coefficient (Wildman–Crippen LogP) is 0.397. The molecule has 0 aromatic heterocycles. The first-order valence-corrected chi connectivity index (χ1v) is 4.19. The summed E-state index contributed by atoms with van der Waals surface area (Å²) in [5.41, 5.74) is 0. The first-order chi connectivity index (χ1) is 4.45. The number of carboxylic acid groups (broad SMARTS) is 1. The van der Waals surface area contributed by atoms with Crippen molar-refractivity contribution in [3.8, 4) is 0 Å². The Balaban J connectivity index is 4.55. The Morgan fingerprint density at radius 3 is 2.00 bits per heavy atom. The molecule has 0 amide bonds. The monoisotopic (exact) mass is 152 g/mol. The molecule has 0 saturated heterocycles. The number of carbonyl (C=O) groups is 2. The summed E-state index contributed by atoms with van der Waals surface area (Å²) in [6.45, 7) is 3.06. The number of Topliss-reactive ketones (excluding diaryl/α,β-unsaturated/α-hetero) is 1. The molecule has 0 bridgehead atoms. The van der Waals surface area contributed by atoms with Crippen LogP contribution in [0.3, 0.4) is 0 Å². The van der Waals surface area contributed by atoms with Crippen molar-refractivity contribution in [1.82, 2.24) is 0 Å². The molecule has 0 aliphatic heterocycles. The van der Waals surface area contributed by atoms with Gasteiger partial charge in [0.25, 0.3) is 0 Å². The van der Waals surface area contributed by atoms with E-state index in [1.54, 1.807) is 6.92 Å². The van der Waals surface area contributed by atoms with Crippen molar-refractivity contribution >= 4 is 39.7 Å². The van der Waals surface area contributed by atoms with Crippen LogP contribution in [-0.4, -0.2) is 44.8 Å². The van der Waals surface area contributed by atoms with Crippen LogP contribution >= 0.6 is 0 Å². The van der Waals surface area contributed by atoms with Crippen LogP contribution in [-0.2, 0) is 9.59 Å². The van der Waals surface area contributed by atoms with Crippen molar-refractivity contribution in [3.63, 3.8) is 0 Å². The van der Waals surface area contributed by atoms with Gasteiger partial charge in [-0.05, 0) is 0 Å². The van der Waals surface area contributed by atoms with E-state index in [0.29, 0.717) is 34.4 Å². The molecule has 1 unspecified atom stereocenters. The van der Waals surface area contributed by atoms with Gasteiger partial charge in [0.2, 0.25) is 0 Å². The molecule has 0 spiro atoms. The second kappa shape index (κ2) is 3.51. The Hall–Kier alpha value is 0.140. The Labute approximate surface area is 77.2 Å². The minimum absolute atomic E-state index is 0.228. The Morgan fingerprint density at radius 1 is 1.60 bits per heavy atom. The number of ketones is 1. The zero-order valence-electron chi connectivity index (χ0n) is 6.47. The summed E-state index contributed by atoms with van der Waals surface area (Å²) in [7, 11) is 0. The maximum atomic E-state index is 10.8. The maximum absolute atomic E-state index is 10.8. The van der Waals surface area contributed by atoms with E-state index in [0.717, 1.165) is 0 Å². The SMILES string of the molecule is CC[C]([Na])(C(C)=O)C(=O)O. The summed E-state index contributed by atoms with van der Waals surface area (Å²) in [5.74, 6) is -1.21. The molecule has 0 aromatic rings. The average molecular weight is 152 g/mol. The summed E-state index contributed by atoms with van der Waals surface area (Å²) < 4.78 is -1.04. The fourth-order valence-electron chi connectivity index (χ4n) is 0.551. The minimum atomic E-state index is -1.04. The topological polar surface area (TPSA) is 54.4 Å². The third-order valence-electron chi connectivity index (χ3n) is 1.96. The van der Waals surface area contributed by atoms with Gasteiger partial charge in [0.1, 0.15) is 0 Å². The molecule has 10 heavy (non-hydrogen) atoms. The summed E-state index contributed by atoms with van der Waals surface area (Å²) in [4.78, 5) is 21.3. The molecule has 52 valence electrons. The Morgan fingerprint density at radius 2 is 2.00 bits per heavy atom. The molecule has 0 heterocycles. The van der Waals surface area contributed by atoms with Gasteiger partial charge in [-0.15, -0.1) is 0 Å². The van der Waals surface area contributed by atoms with Crippen LogP contribution in [0.15, 0.2) is 0 Å². The molecule has 0 rings (SSSR count). The molecule has 0 aliphatic rings. The van der Waals surface area contributed by atoms with Gasteiger partial charge in [0.05, 0.1) is 0 Å². The molecule has 0 aromatic carbocycles. The zero-order valence-corrected chi connectivity index (χ0v) is 8.47. The number of hydrogen-bond acceptors (Lipinski definition) is 2. The van der Waals surface area contributed by atoms with Crippen molar-refractivity contribution in [2.45, 2.75) is 22.9 Å². The first-order valence-electron chi connectivity index (χ1n) is 3.19. The molecule has 1 atom stereocenters. The number of rotatable bonds is 3. The molecular weight excluding hydrogens is 143 g/mol. The van der Waals surface area contributed by atoms with Crippen LogP contribution in [0.4, 0.5) is 0 Å². The van der Waals surface area contributed by atoms with E-state index < -0.39 is 8.63 Å². The van der Waals surface area contributed by atoms with Crippen LogP contribution in [0.1, 0.15) is 20.3 Å². The number of carbonyl (C=O) groups excluding carboxylic acids is 1. The standard InChI is InChI=1S/C6H9O3.Na/c1-3-5(4(2)7)6(8)9;/h3H2,1-2H3,(H,8,9);. The van der Waals surface area contributed by atoms with Gasteiger partial charge >= 0.3 is 77.3 Å². The summed E-state index contributed by atoms with van der Waals surface area (Å²) in [5, 5.41) is 8.62. The fraction of sp³-hybridized carbons (Fsp3) is 0.667. The van der Waals surface area contributed by atoms with Crippen LogP contribution in [0.25, 0.3) is 0 Å². The fourth-order valence-corrected chi connectivity index (χ4v) is 0.551. The average Bonchev–Trinajstić information content (AvgIpc) is 1.85. The molecular formula is C6H9NaO3. The van der Waals surface area contributed by atoms with Crippen molar-refractivity contribution in [2.75, 3.05) is 0 Å². The van der Waals surface area contributed by atoms with E-state index in [4.69, 9.17) is 5.11 Å². The number of aliphatic carboxylic acids is 1. The van der Waals surface area contributed by atoms with Gasteiger partial charge in [-0.1, -0.05) is 0 Å². The Bertz CT molecular complexity index is 150. The van der Waals surface area contributed by atoms with Gasteiger partial charge < -0.3 is 0 Å². The third-order valence-corrected chi connectivity index (χ3v) is 3.80. The Kier molecular flexibility index (Phi) is 3.56. The van der Waals surface area contributed by atoms with Crippen molar-refractivity contribution in [3.05, 3.63) is 0 Å². The second-order valence-corrected chi connectivity index (χ2v) is 4.25. The molecule has 4 heteroatoms. The normalized spacial score (nSPS) is 16.0. The molecule has 0 fully saturated rings. The van der Waals surface area contributed by atoms with Crippen LogP contribution in [0, 0.1) is 0 Å². The van der Waals surface area contributed by atoms with Gasteiger partial charge in [-0.3, -0.25) is 0 Å². The van der Waals surface area contributed by atoms with Gasteiger partial charge in [-0.25, -0.2) is 0 Å². The van der Waals surface area contributed by atoms with Crippen molar-refractivity contribution in [1.29, 1.82) is 0 Å². The van der Waals surface area contributed by atoms with E-state index in [2.05, 4.69) is 0 Å². The molecule has 0 aliphatic carbocycles. The van der Waals surface area contributed by atoms with E-state index in [1.807, 2.05) is 0 Å². The molecule has 0 saturated carbocycles. The summed E-state index contributed by atoms with van der Waals surface area (Å²) in [6.07, 6.45) is 0.407. The van der Waals surface area contributed by atoms with Crippen molar-refractivity contribution in [2.24, 2.45) is 0 Å². The molecule has 1 N–H and O–H groups in total. The predicted molar refractivity (Wildman–Crippen MR) is 37.1 cm³/mol. The van der Waals surface area contributed by atoms with Crippen molar-refractivity contribution < 1.29 is 14.7 Å². The second-order valence-electron chi connectivity index (χ2n) is 2.55. The van der Waals surface area contributed by atoms with E-state index in [1.165, 1.54) is 6.92 Å². The quantitative estimate of drug-likeness (QED) is 0.470. The van der Waals surface area contributed by atoms with Gasteiger partial charge in [0.15, 0.2) is 0 Å². The molecule has 3 nitrogen and oxygen atoms in total. The van der Waals surface area contributed by atoms with Gasteiger partial charge in [0, 0.05) is 0 Å². The zero-order chi connectivity index (χ0) is 8.36. The molecule has 0 radical (unpaired) electrons. The first kappa shape index (κ1) is 10.1. The van der Waals surface area contributed by atoms with Gasteiger partial charge in [-0.2, -0.15) is 0 Å². The van der Waals surface area contributed by atoms with E-state index in [-0.39, 0.29) is 5.78 Å².